The van der Waals surface area contributed by atoms with Gasteiger partial charge in [-0.25, -0.2) is 0 Å². The van der Waals surface area contributed by atoms with E-state index >= 15 is 0 Å². The summed E-state index contributed by atoms with van der Waals surface area (Å²) >= 11 is 6.43. The first kappa shape index (κ1) is 14.7. The first-order chi connectivity index (χ1) is 9.49. The summed E-state index contributed by atoms with van der Waals surface area (Å²) < 4.78 is 1.04. The highest BCUT2D eigenvalue weighted by molar-refractivity contribution is 9.11. The number of benzene rings is 2. The van der Waals surface area contributed by atoms with Crippen LogP contribution in [0.15, 0.2) is 50.3 Å². The van der Waals surface area contributed by atoms with Crippen molar-refractivity contribution in [2.24, 2.45) is 4.99 Å². The Morgan fingerprint density at radius 1 is 1.20 bits per heavy atom. The Hall–Kier alpha value is -1.73. The highest BCUT2D eigenvalue weighted by atomic mass is 79.9. The van der Waals surface area contributed by atoms with Gasteiger partial charge in [0.2, 0.25) is 0 Å². The van der Waals surface area contributed by atoms with E-state index < -0.39 is 4.92 Å². The van der Waals surface area contributed by atoms with Crippen LogP contribution in [0.3, 0.4) is 0 Å². The lowest BCUT2D eigenvalue weighted by molar-refractivity contribution is -0.385. The fourth-order valence-corrected chi connectivity index (χ4v) is 2.36. The maximum absolute atomic E-state index is 10.8. The summed E-state index contributed by atoms with van der Waals surface area (Å²) in [6.07, 6.45) is 1.38. The monoisotopic (exact) mass is 398 g/mol. The predicted octanol–water partition coefficient (Wildman–Crippen LogP) is 4.58. The number of phenolic OH excluding ortho intramolecular Hbond substituents is 1. The lowest BCUT2D eigenvalue weighted by atomic mass is 10.2. The molecule has 0 aliphatic heterocycles. The number of para-hydroxylation sites is 1. The fourth-order valence-electron chi connectivity index (χ4n) is 1.50. The van der Waals surface area contributed by atoms with Gasteiger partial charge in [0.15, 0.2) is 0 Å². The van der Waals surface area contributed by atoms with Crippen molar-refractivity contribution in [2.75, 3.05) is 0 Å². The van der Waals surface area contributed by atoms with Crippen LogP contribution in [0.25, 0.3) is 0 Å². The molecule has 5 nitrogen and oxygen atoms in total. The van der Waals surface area contributed by atoms with Gasteiger partial charge in [0, 0.05) is 28.4 Å². The van der Waals surface area contributed by atoms with Gasteiger partial charge in [0.25, 0.3) is 5.69 Å². The standard InChI is InChI=1S/C13H8Br2N2O3/c14-10-3-1-2-4-12(10)16-7-8-5-9(17(19)20)6-11(15)13(8)18/h1-7,18H. The van der Waals surface area contributed by atoms with E-state index in [9.17, 15) is 15.2 Å². The van der Waals surface area contributed by atoms with Crippen LogP contribution in [0.5, 0.6) is 5.75 Å². The molecule has 0 heterocycles. The molecule has 0 saturated carbocycles. The molecule has 0 amide bonds. The van der Waals surface area contributed by atoms with Crippen LogP contribution in [-0.4, -0.2) is 16.2 Å². The van der Waals surface area contributed by atoms with E-state index in [1.807, 2.05) is 18.2 Å². The van der Waals surface area contributed by atoms with E-state index in [4.69, 9.17) is 0 Å². The van der Waals surface area contributed by atoms with Crippen molar-refractivity contribution < 1.29 is 10.0 Å². The molecule has 0 aliphatic rings. The van der Waals surface area contributed by atoms with Gasteiger partial charge < -0.3 is 5.11 Å². The molecule has 2 rings (SSSR count). The van der Waals surface area contributed by atoms with E-state index in [0.717, 1.165) is 4.47 Å². The molecule has 0 spiro atoms. The van der Waals surface area contributed by atoms with E-state index in [-0.39, 0.29) is 21.5 Å². The largest absolute Gasteiger partial charge is 0.506 e. The lowest BCUT2D eigenvalue weighted by Gasteiger charge is -2.02. The number of non-ortho nitro benzene ring substituents is 1. The van der Waals surface area contributed by atoms with Crippen molar-refractivity contribution in [3.63, 3.8) is 0 Å². The topological polar surface area (TPSA) is 75.7 Å². The van der Waals surface area contributed by atoms with Crippen LogP contribution in [0, 0.1) is 10.1 Å². The first-order valence-corrected chi connectivity index (χ1v) is 7.03. The van der Waals surface area contributed by atoms with Crippen LogP contribution >= 0.6 is 31.9 Å². The first-order valence-electron chi connectivity index (χ1n) is 5.44. The third-order valence-corrected chi connectivity index (χ3v) is 3.76. The molecule has 0 saturated heterocycles. The minimum atomic E-state index is -0.528. The summed E-state index contributed by atoms with van der Waals surface area (Å²) in [4.78, 5) is 14.5. The summed E-state index contributed by atoms with van der Waals surface area (Å²) in [5.74, 6) is -0.0913. The van der Waals surface area contributed by atoms with Gasteiger partial charge in [-0.3, -0.25) is 15.1 Å². The maximum atomic E-state index is 10.8. The summed E-state index contributed by atoms with van der Waals surface area (Å²) in [5, 5.41) is 20.7. The van der Waals surface area contributed by atoms with Crippen molar-refractivity contribution in [3.8, 4) is 5.75 Å². The molecular weight excluding hydrogens is 392 g/mol. The normalized spacial score (nSPS) is 10.9. The smallest absolute Gasteiger partial charge is 0.271 e. The number of hydrogen-bond donors (Lipinski definition) is 1. The minimum Gasteiger partial charge on any atom is -0.506 e. The SMILES string of the molecule is O=[N+]([O-])c1cc(Br)c(O)c(C=Nc2ccccc2Br)c1. The van der Waals surface area contributed by atoms with Gasteiger partial charge in [-0.05, 0) is 44.0 Å². The Kier molecular flexibility index (Phi) is 4.51. The molecule has 0 fully saturated rings. The molecule has 0 aliphatic carbocycles. The van der Waals surface area contributed by atoms with Gasteiger partial charge in [0.1, 0.15) is 5.75 Å². The average Bonchev–Trinajstić information content (AvgIpc) is 2.41. The molecular formula is C13H8Br2N2O3. The zero-order chi connectivity index (χ0) is 14.7. The van der Waals surface area contributed by atoms with Crippen molar-refractivity contribution in [1.29, 1.82) is 0 Å². The summed E-state index contributed by atoms with van der Waals surface area (Å²) in [7, 11) is 0. The Labute approximate surface area is 131 Å². The molecule has 0 bridgehead atoms. The quantitative estimate of drug-likeness (QED) is 0.466. The number of phenols is 1. The number of aliphatic imine (C=N–C) groups is 1. The van der Waals surface area contributed by atoms with Crippen LogP contribution in [-0.2, 0) is 0 Å². The average molecular weight is 400 g/mol. The zero-order valence-electron chi connectivity index (χ0n) is 9.96. The van der Waals surface area contributed by atoms with Crippen LogP contribution in [0.1, 0.15) is 5.56 Å². The Morgan fingerprint density at radius 3 is 2.55 bits per heavy atom. The summed E-state index contributed by atoms with van der Waals surface area (Å²) in [6.45, 7) is 0. The number of nitro groups is 1. The molecule has 1 N–H and O–H groups in total. The lowest BCUT2D eigenvalue weighted by Crippen LogP contribution is -1.91. The molecule has 0 aromatic heterocycles. The fraction of sp³-hybridized carbons (Fsp3) is 0. The molecule has 2 aromatic carbocycles. The van der Waals surface area contributed by atoms with Crippen molar-refractivity contribution in [1.82, 2.24) is 0 Å². The van der Waals surface area contributed by atoms with Crippen molar-refractivity contribution in [2.45, 2.75) is 0 Å². The number of rotatable bonds is 3. The van der Waals surface area contributed by atoms with Gasteiger partial charge in [-0.15, -0.1) is 0 Å². The van der Waals surface area contributed by atoms with Crippen LogP contribution < -0.4 is 0 Å². The number of aromatic hydroxyl groups is 1. The molecule has 0 radical (unpaired) electrons. The van der Waals surface area contributed by atoms with Gasteiger partial charge >= 0.3 is 0 Å². The minimum absolute atomic E-state index is 0.0913. The van der Waals surface area contributed by atoms with Gasteiger partial charge in [-0.1, -0.05) is 12.1 Å². The Balaban J connectivity index is 2.43. The third-order valence-electron chi connectivity index (χ3n) is 2.48. The number of nitro benzene ring substituents is 1. The van der Waals surface area contributed by atoms with E-state index in [1.165, 1.54) is 18.3 Å². The summed E-state index contributed by atoms with van der Waals surface area (Å²) in [5.41, 5.74) is 0.805. The molecule has 0 atom stereocenters. The second-order valence-corrected chi connectivity index (χ2v) is 5.54. The molecule has 7 heteroatoms. The summed E-state index contributed by atoms with van der Waals surface area (Å²) in [6, 6.07) is 9.79. The predicted molar refractivity (Wildman–Crippen MR) is 83.9 cm³/mol. The van der Waals surface area contributed by atoms with Crippen LogP contribution in [0.2, 0.25) is 0 Å². The molecule has 0 unspecified atom stereocenters. The second-order valence-electron chi connectivity index (χ2n) is 3.83. The van der Waals surface area contributed by atoms with Crippen molar-refractivity contribution >= 4 is 49.4 Å². The molecule has 2 aromatic rings. The Morgan fingerprint density at radius 2 is 1.90 bits per heavy atom. The third kappa shape index (κ3) is 3.23. The van der Waals surface area contributed by atoms with E-state index in [2.05, 4.69) is 36.9 Å². The second kappa shape index (κ2) is 6.15. The zero-order valence-corrected chi connectivity index (χ0v) is 13.1. The van der Waals surface area contributed by atoms with Gasteiger partial charge in [-0.2, -0.15) is 0 Å². The maximum Gasteiger partial charge on any atom is 0.271 e. The Bertz CT molecular complexity index is 702. The van der Waals surface area contributed by atoms with E-state index in [1.54, 1.807) is 6.07 Å². The highest BCUT2D eigenvalue weighted by Gasteiger charge is 2.13. The number of halogens is 2. The van der Waals surface area contributed by atoms with Crippen molar-refractivity contribution in [3.05, 3.63) is 61.0 Å². The van der Waals surface area contributed by atoms with Crippen LogP contribution in [0.4, 0.5) is 11.4 Å². The van der Waals surface area contributed by atoms with Gasteiger partial charge in [0.05, 0.1) is 15.1 Å². The molecule has 20 heavy (non-hydrogen) atoms. The molecule has 102 valence electrons. The highest BCUT2D eigenvalue weighted by Crippen LogP contribution is 2.32. The number of nitrogens with zero attached hydrogens (tertiary/aromatic N) is 2. The number of hydrogen-bond acceptors (Lipinski definition) is 4. The van der Waals surface area contributed by atoms with E-state index in [0.29, 0.717) is 5.69 Å².